The predicted molar refractivity (Wildman–Crippen MR) is 92.4 cm³/mol. The van der Waals surface area contributed by atoms with Gasteiger partial charge in [0.25, 0.3) is 0 Å². The van der Waals surface area contributed by atoms with Crippen molar-refractivity contribution in [1.29, 1.82) is 0 Å². The van der Waals surface area contributed by atoms with Crippen LogP contribution in [0.2, 0.25) is 18.1 Å². The molecule has 1 aromatic carbocycles. The van der Waals surface area contributed by atoms with E-state index >= 15 is 0 Å². The Morgan fingerprint density at radius 2 is 1.77 bits per heavy atom. The smallest absolute Gasteiger partial charge is 0.193 e. The summed E-state index contributed by atoms with van der Waals surface area (Å²) in [6, 6.07) is 11.1. The highest BCUT2D eigenvalue weighted by atomic mass is 28.4. The third-order valence-corrected chi connectivity index (χ3v) is 8.83. The Bertz CT molecular complexity index is 681. The van der Waals surface area contributed by atoms with Crippen LogP contribution >= 0.6 is 0 Å². The lowest BCUT2D eigenvalue weighted by molar-refractivity contribution is 0.243. The van der Waals surface area contributed by atoms with E-state index in [1.54, 1.807) is 0 Å². The molecule has 1 heterocycles. The van der Waals surface area contributed by atoms with Gasteiger partial charge in [0.05, 0.1) is 12.2 Å². The third kappa shape index (κ3) is 3.75. The van der Waals surface area contributed by atoms with Gasteiger partial charge in [-0.1, -0.05) is 51.1 Å². The number of benzene rings is 1. The SMILES string of the molecule is CC(C)(C)[Si](C)(C)OCc1cc(=O)c(-c2ccccc2)co1. The van der Waals surface area contributed by atoms with E-state index in [9.17, 15) is 4.79 Å². The Morgan fingerprint density at radius 3 is 2.32 bits per heavy atom. The second kappa shape index (κ2) is 6.22. The first-order chi connectivity index (χ1) is 10.2. The van der Waals surface area contributed by atoms with Gasteiger partial charge in [-0.05, 0) is 23.7 Å². The van der Waals surface area contributed by atoms with Crippen LogP contribution in [0.1, 0.15) is 26.5 Å². The van der Waals surface area contributed by atoms with E-state index in [-0.39, 0.29) is 10.5 Å². The second-order valence-corrected chi connectivity index (χ2v) is 11.8. The normalized spacial score (nSPS) is 12.4. The van der Waals surface area contributed by atoms with Crippen molar-refractivity contribution < 1.29 is 8.84 Å². The van der Waals surface area contributed by atoms with Crippen molar-refractivity contribution in [3.05, 3.63) is 58.6 Å². The number of hydrogen-bond acceptors (Lipinski definition) is 3. The zero-order valence-corrected chi connectivity index (χ0v) is 15.0. The van der Waals surface area contributed by atoms with Crippen LogP contribution in [0.25, 0.3) is 11.1 Å². The summed E-state index contributed by atoms with van der Waals surface area (Å²) in [5.74, 6) is 0.578. The summed E-state index contributed by atoms with van der Waals surface area (Å²) in [5.41, 5.74) is 1.41. The van der Waals surface area contributed by atoms with E-state index in [1.807, 2.05) is 30.3 Å². The molecule has 2 rings (SSSR count). The minimum absolute atomic E-state index is 0.0359. The first-order valence-corrected chi connectivity index (χ1v) is 10.4. The maximum Gasteiger partial charge on any atom is 0.193 e. The Kier molecular flexibility index (Phi) is 4.73. The molecule has 0 aliphatic heterocycles. The summed E-state index contributed by atoms with van der Waals surface area (Å²) in [6.07, 6.45) is 1.53. The highest BCUT2D eigenvalue weighted by molar-refractivity contribution is 6.74. The third-order valence-electron chi connectivity index (χ3n) is 4.35. The highest BCUT2D eigenvalue weighted by Gasteiger charge is 2.37. The monoisotopic (exact) mass is 316 g/mol. The van der Waals surface area contributed by atoms with Crippen molar-refractivity contribution in [2.45, 2.75) is 45.5 Å². The lowest BCUT2D eigenvalue weighted by Crippen LogP contribution is -2.40. The van der Waals surface area contributed by atoms with Crippen LogP contribution in [-0.4, -0.2) is 8.32 Å². The molecule has 118 valence electrons. The molecular formula is C18H24O3Si. The average Bonchev–Trinajstić information content (AvgIpc) is 2.45. The van der Waals surface area contributed by atoms with Gasteiger partial charge in [-0.3, -0.25) is 4.79 Å². The van der Waals surface area contributed by atoms with Gasteiger partial charge in [-0.2, -0.15) is 0 Å². The molecule has 0 aliphatic carbocycles. The van der Waals surface area contributed by atoms with E-state index in [2.05, 4.69) is 33.9 Å². The molecule has 0 bridgehead atoms. The maximum atomic E-state index is 12.3. The van der Waals surface area contributed by atoms with Crippen molar-refractivity contribution in [2.75, 3.05) is 0 Å². The fourth-order valence-corrected chi connectivity index (χ4v) is 2.76. The van der Waals surface area contributed by atoms with Crippen molar-refractivity contribution in [3.8, 4) is 11.1 Å². The van der Waals surface area contributed by atoms with Crippen LogP contribution in [-0.2, 0) is 11.0 Å². The van der Waals surface area contributed by atoms with Gasteiger partial charge in [0.2, 0.25) is 0 Å². The second-order valence-electron chi connectivity index (χ2n) is 7.04. The molecular weight excluding hydrogens is 292 g/mol. The molecule has 0 spiro atoms. The van der Waals surface area contributed by atoms with Gasteiger partial charge in [0.15, 0.2) is 13.7 Å². The molecule has 0 unspecified atom stereocenters. The Labute approximate surface area is 133 Å². The Hall–Kier alpha value is -1.65. The van der Waals surface area contributed by atoms with Crippen LogP contribution in [0.5, 0.6) is 0 Å². The zero-order valence-electron chi connectivity index (χ0n) is 14.0. The zero-order chi connectivity index (χ0) is 16.4. The highest BCUT2D eigenvalue weighted by Crippen LogP contribution is 2.37. The lowest BCUT2D eigenvalue weighted by Gasteiger charge is -2.35. The fourth-order valence-electron chi connectivity index (χ4n) is 1.82. The van der Waals surface area contributed by atoms with Crippen LogP contribution in [0.15, 0.2) is 51.9 Å². The molecule has 3 nitrogen and oxygen atoms in total. The molecule has 0 amide bonds. The summed E-state index contributed by atoms with van der Waals surface area (Å²) in [4.78, 5) is 12.3. The largest absolute Gasteiger partial charge is 0.466 e. The van der Waals surface area contributed by atoms with E-state index < -0.39 is 8.32 Å². The Morgan fingerprint density at radius 1 is 1.14 bits per heavy atom. The molecule has 0 saturated carbocycles. The predicted octanol–water partition coefficient (Wildman–Crippen LogP) is 4.83. The van der Waals surface area contributed by atoms with Crippen LogP contribution in [0.4, 0.5) is 0 Å². The molecule has 0 radical (unpaired) electrons. The van der Waals surface area contributed by atoms with Gasteiger partial charge in [-0.25, -0.2) is 0 Å². The summed E-state index contributed by atoms with van der Waals surface area (Å²) in [6.45, 7) is 11.3. The van der Waals surface area contributed by atoms with Gasteiger partial charge >= 0.3 is 0 Å². The van der Waals surface area contributed by atoms with E-state index in [4.69, 9.17) is 8.84 Å². The van der Waals surface area contributed by atoms with Crippen LogP contribution < -0.4 is 5.43 Å². The minimum atomic E-state index is -1.84. The molecule has 22 heavy (non-hydrogen) atoms. The average molecular weight is 316 g/mol. The van der Waals surface area contributed by atoms with Gasteiger partial charge in [0, 0.05) is 6.07 Å². The molecule has 0 N–H and O–H groups in total. The molecule has 0 aliphatic rings. The molecule has 2 aromatic rings. The van der Waals surface area contributed by atoms with Crippen LogP contribution in [0, 0.1) is 0 Å². The first-order valence-electron chi connectivity index (χ1n) is 7.52. The summed E-state index contributed by atoms with van der Waals surface area (Å²) in [5, 5.41) is 0.136. The summed E-state index contributed by atoms with van der Waals surface area (Å²) in [7, 11) is -1.84. The molecule has 0 saturated heterocycles. The van der Waals surface area contributed by atoms with Gasteiger partial charge in [-0.15, -0.1) is 0 Å². The topological polar surface area (TPSA) is 39.4 Å². The molecule has 1 aromatic heterocycles. The Balaban J connectivity index is 2.16. The van der Waals surface area contributed by atoms with E-state index in [0.717, 1.165) is 5.56 Å². The van der Waals surface area contributed by atoms with Crippen LogP contribution in [0.3, 0.4) is 0 Å². The molecule has 4 heteroatoms. The maximum absolute atomic E-state index is 12.3. The standard InChI is InChI=1S/C18H24O3Si/c1-18(2,3)22(4,5)21-12-15-11-17(19)16(13-20-15)14-9-7-6-8-10-14/h6-11,13H,12H2,1-5H3. The minimum Gasteiger partial charge on any atom is -0.466 e. The van der Waals surface area contributed by atoms with Gasteiger partial charge < -0.3 is 8.84 Å². The van der Waals surface area contributed by atoms with Crippen molar-refractivity contribution >= 4 is 8.32 Å². The lowest BCUT2D eigenvalue weighted by atomic mass is 10.1. The summed E-state index contributed by atoms with van der Waals surface area (Å²) >= 11 is 0. The fraction of sp³-hybridized carbons (Fsp3) is 0.389. The van der Waals surface area contributed by atoms with Crippen molar-refractivity contribution in [2.24, 2.45) is 0 Å². The van der Waals surface area contributed by atoms with Crippen molar-refractivity contribution in [3.63, 3.8) is 0 Å². The van der Waals surface area contributed by atoms with Gasteiger partial charge in [0.1, 0.15) is 12.0 Å². The van der Waals surface area contributed by atoms with E-state index in [0.29, 0.717) is 17.9 Å². The quantitative estimate of drug-likeness (QED) is 0.759. The molecule has 0 atom stereocenters. The first kappa shape index (κ1) is 16.7. The number of hydrogen-bond donors (Lipinski definition) is 0. The van der Waals surface area contributed by atoms with E-state index in [1.165, 1.54) is 12.3 Å². The summed E-state index contributed by atoms with van der Waals surface area (Å²) < 4.78 is 11.7. The number of rotatable bonds is 4. The van der Waals surface area contributed by atoms with Crippen molar-refractivity contribution in [1.82, 2.24) is 0 Å². The molecule has 0 fully saturated rings.